The molecule has 0 aliphatic heterocycles. The molecule has 0 atom stereocenters. The summed E-state index contributed by atoms with van der Waals surface area (Å²) < 4.78 is 7.12. The summed E-state index contributed by atoms with van der Waals surface area (Å²) in [6, 6.07) is 14.5. The molecule has 17 heteroatoms. The zero-order valence-corrected chi connectivity index (χ0v) is 25.5. The van der Waals surface area contributed by atoms with E-state index in [0.717, 1.165) is 15.2 Å². The van der Waals surface area contributed by atoms with Crippen LogP contribution in [-0.4, -0.2) is 50.0 Å². The van der Waals surface area contributed by atoms with Crippen molar-refractivity contribution in [2.75, 3.05) is 18.2 Å². The topological polar surface area (TPSA) is 176 Å². The fraction of sp³-hybridized carbons (Fsp3) is 0.115. The van der Waals surface area contributed by atoms with Crippen molar-refractivity contribution in [2.45, 2.75) is 20.5 Å². The first-order valence-corrected chi connectivity index (χ1v) is 15.6. The molecule has 0 bridgehead atoms. The number of hydrogen-bond donors (Lipinski definition) is 1. The maximum atomic E-state index is 12.5. The van der Waals surface area contributed by atoms with Gasteiger partial charge in [-0.15, -0.1) is 21.5 Å². The number of aryl methyl sites for hydroxylation is 1. The number of aromatic nitrogens is 3. The van der Waals surface area contributed by atoms with E-state index in [-0.39, 0.29) is 22.8 Å². The van der Waals surface area contributed by atoms with E-state index in [4.69, 9.17) is 4.74 Å². The van der Waals surface area contributed by atoms with Gasteiger partial charge < -0.3 is 10.1 Å². The maximum absolute atomic E-state index is 12.5. The van der Waals surface area contributed by atoms with Gasteiger partial charge in [0.1, 0.15) is 16.4 Å². The van der Waals surface area contributed by atoms with E-state index in [2.05, 4.69) is 25.5 Å². The molecule has 0 saturated carbocycles. The number of methoxy groups -OCH3 is 1. The third-order valence-electron chi connectivity index (χ3n) is 5.60. The van der Waals surface area contributed by atoms with Gasteiger partial charge in [-0.2, -0.15) is 0 Å². The van der Waals surface area contributed by atoms with Gasteiger partial charge in [-0.3, -0.25) is 30.0 Å². The van der Waals surface area contributed by atoms with Crippen molar-refractivity contribution in [3.05, 3.63) is 85.4 Å². The van der Waals surface area contributed by atoms with E-state index in [9.17, 15) is 25.0 Å². The summed E-state index contributed by atoms with van der Waals surface area (Å²) in [6.07, 6.45) is 1.55. The number of hydrogen-bond acceptors (Lipinski definition) is 14. The van der Waals surface area contributed by atoms with E-state index < -0.39 is 15.8 Å². The van der Waals surface area contributed by atoms with Crippen molar-refractivity contribution in [3.8, 4) is 5.75 Å². The standard InChI is InChI=1S/C26H19N7O6S4/c1-14-30-31-26(41-14)42-22-8-3-15(9-21(22)33(37)38)12-27-16-4-6-19-23(10-16)43-25(29-19)40-13-24(34)28-18-7-5-17(39-2)11-20(18)32(35)36/h3-12H,13H2,1-2H3,(H,28,34). The van der Waals surface area contributed by atoms with Gasteiger partial charge in [-0.1, -0.05) is 40.9 Å². The Bertz CT molecular complexity index is 1890. The van der Waals surface area contributed by atoms with Crippen LogP contribution < -0.4 is 10.1 Å². The van der Waals surface area contributed by atoms with Crippen molar-refractivity contribution in [2.24, 2.45) is 4.99 Å². The first kappa shape index (κ1) is 30.0. The van der Waals surface area contributed by atoms with Gasteiger partial charge in [0.05, 0.1) is 49.6 Å². The van der Waals surface area contributed by atoms with Crippen LogP contribution in [0.15, 0.2) is 73.2 Å². The largest absolute Gasteiger partial charge is 0.496 e. The van der Waals surface area contributed by atoms with Gasteiger partial charge in [0.15, 0.2) is 8.68 Å². The number of thiazole rings is 1. The third kappa shape index (κ3) is 7.50. The second-order valence-electron chi connectivity index (χ2n) is 8.54. The normalized spacial score (nSPS) is 11.2. The molecule has 0 saturated heterocycles. The summed E-state index contributed by atoms with van der Waals surface area (Å²) in [5.41, 5.74) is 1.68. The van der Waals surface area contributed by atoms with Gasteiger partial charge in [-0.25, -0.2) is 4.98 Å². The molecular weight excluding hydrogens is 635 g/mol. The summed E-state index contributed by atoms with van der Waals surface area (Å²) in [7, 11) is 1.40. The number of rotatable bonds is 11. The lowest BCUT2D eigenvalue weighted by molar-refractivity contribution is -0.387. The fourth-order valence-corrected chi connectivity index (χ4v) is 7.41. The average molecular weight is 654 g/mol. The number of nitro benzene ring substituents is 2. The van der Waals surface area contributed by atoms with Crippen LogP contribution in [0, 0.1) is 27.2 Å². The van der Waals surface area contributed by atoms with Crippen LogP contribution in [0.1, 0.15) is 10.6 Å². The van der Waals surface area contributed by atoms with Crippen molar-refractivity contribution in [1.29, 1.82) is 0 Å². The minimum absolute atomic E-state index is 0.000256. The molecule has 13 nitrogen and oxygen atoms in total. The number of anilines is 1. The summed E-state index contributed by atoms with van der Waals surface area (Å²) in [6.45, 7) is 1.82. The summed E-state index contributed by atoms with van der Waals surface area (Å²) in [4.78, 5) is 44.0. The molecule has 1 amide bonds. The molecule has 1 N–H and O–H groups in total. The Morgan fingerprint density at radius 3 is 2.56 bits per heavy atom. The van der Waals surface area contributed by atoms with Gasteiger partial charge >= 0.3 is 0 Å². The second kappa shape index (κ2) is 13.2. The quantitative estimate of drug-likeness (QED) is 0.0678. The van der Waals surface area contributed by atoms with E-state index in [1.807, 2.05) is 13.0 Å². The molecule has 2 aromatic heterocycles. The molecule has 5 rings (SSSR count). The Kier molecular flexibility index (Phi) is 9.24. The predicted molar refractivity (Wildman–Crippen MR) is 168 cm³/mol. The molecule has 0 aliphatic rings. The number of aliphatic imine (C=N–C) groups is 1. The number of nitrogens with one attached hydrogen (secondary N) is 1. The fourth-order valence-electron chi connectivity index (χ4n) is 3.65. The monoisotopic (exact) mass is 653 g/mol. The predicted octanol–water partition coefficient (Wildman–Crippen LogP) is 6.91. The maximum Gasteiger partial charge on any atom is 0.296 e. The number of amides is 1. The average Bonchev–Trinajstić information content (AvgIpc) is 3.60. The minimum atomic E-state index is -0.586. The van der Waals surface area contributed by atoms with Crippen molar-refractivity contribution < 1.29 is 19.4 Å². The lowest BCUT2D eigenvalue weighted by atomic mass is 10.2. The molecule has 0 fully saturated rings. The van der Waals surface area contributed by atoms with Crippen molar-refractivity contribution >= 4 is 91.3 Å². The van der Waals surface area contributed by atoms with Crippen molar-refractivity contribution in [1.82, 2.24) is 15.2 Å². The summed E-state index contributed by atoms with van der Waals surface area (Å²) in [5.74, 6) is -0.106. The van der Waals surface area contributed by atoms with Crippen LogP contribution in [-0.2, 0) is 4.79 Å². The first-order valence-electron chi connectivity index (χ1n) is 12.1. The SMILES string of the molecule is COc1ccc(NC(=O)CSc2nc3ccc(N=Cc4ccc(Sc5nnc(C)s5)c([N+](=O)[O-])c4)cc3s2)c([N+](=O)[O-])c1. The molecule has 0 aliphatic carbocycles. The highest BCUT2D eigenvalue weighted by molar-refractivity contribution is 8.01. The van der Waals surface area contributed by atoms with Crippen LogP contribution in [0.25, 0.3) is 10.2 Å². The Balaban J connectivity index is 1.24. The first-order chi connectivity index (χ1) is 20.7. The third-order valence-corrected chi connectivity index (χ3v) is 9.72. The number of nitrogens with zero attached hydrogens (tertiary/aromatic N) is 6. The number of nitro groups is 2. The molecular formula is C26H19N7O6S4. The Morgan fingerprint density at radius 1 is 1.02 bits per heavy atom. The highest BCUT2D eigenvalue weighted by Gasteiger charge is 2.19. The van der Waals surface area contributed by atoms with Crippen LogP contribution in [0.3, 0.4) is 0 Å². The van der Waals surface area contributed by atoms with E-state index in [1.54, 1.807) is 30.5 Å². The van der Waals surface area contributed by atoms with E-state index in [1.165, 1.54) is 77.6 Å². The number of thioether (sulfide) groups is 1. The van der Waals surface area contributed by atoms with E-state index >= 15 is 0 Å². The van der Waals surface area contributed by atoms with E-state index in [0.29, 0.717) is 30.6 Å². The molecule has 43 heavy (non-hydrogen) atoms. The lowest BCUT2D eigenvalue weighted by Gasteiger charge is -2.07. The van der Waals surface area contributed by atoms with Crippen LogP contribution in [0.2, 0.25) is 0 Å². The highest BCUT2D eigenvalue weighted by Crippen LogP contribution is 2.37. The smallest absolute Gasteiger partial charge is 0.296 e. The van der Waals surface area contributed by atoms with Gasteiger partial charge in [0.2, 0.25) is 5.91 Å². The van der Waals surface area contributed by atoms with Crippen LogP contribution in [0.4, 0.5) is 22.7 Å². The molecule has 2 heterocycles. The summed E-state index contributed by atoms with van der Waals surface area (Å²) in [5, 5.41) is 34.4. The zero-order valence-electron chi connectivity index (χ0n) is 22.2. The molecule has 218 valence electrons. The molecule has 0 spiro atoms. The molecule has 3 aromatic carbocycles. The van der Waals surface area contributed by atoms with Gasteiger partial charge in [0, 0.05) is 12.3 Å². The Labute approximate surface area is 259 Å². The zero-order chi connectivity index (χ0) is 30.5. The van der Waals surface area contributed by atoms with Crippen LogP contribution in [0.5, 0.6) is 5.75 Å². The number of fused-ring (bicyclic) bond motifs is 1. The second-order valence-corrected chi connectivity index (χ2v) is 13.3. The minimum Gasteiger partial charge on any atom is -0.496 e. The number of carbonyl (C=O) groups is 1. The molecule has 0 radical (unpaired) electrons. The summed E-state index contributed by atoms with van der Waals surface area (Å²) >= 11 is 5.14. The number of carbonyl (C=O) groups excluding carboxylic acids is 1. The lowest BCUT2D eigenvalue weighted by Crippen LogP contribution is -2.15. The molecule has 0 unspecified atom stereocenters. The van der Waals surface area contributed by atoms with Gasteiger partial charge in [0.25, 0.3) is 11.4 Å². The highest BCUT2D eigenvalue weighted by atomic mass is 32.2. The van der Waals surface area contributed by atoms with Crippen molar-refractivity contribution in [3.63, 3.8) is 0 Å². The Hall–Kier alpha value is -4.45. The Morgan fingerprint density at radius 2 is 1.84 bits per heavy atom. The van der Waals surface area contributed by atoms with Gasteiger partial charge in [-0.05, 0) is 48.9 Å². The molecule has 5 aromatic rings. The number of ether oxygens (including phenoxy) is 1. The number of benzene rings is 3. The van der Waals surface area contributed by atoms with Crippen LogP contribution >= 0.6 is 46.2 Å².